The molecule has 2 aromatic carbocycles. The summed E-state index contributed by atoms with van der Waals surface area (Å²) < 4.78 is 0. The first-order valence-electron chi connectivity index (χ1n) is 32.7. The van der Waals surface area contributed by atoms with Gasteiger partial charge in [0.05, 0.1) is 48.1 Å². The normalized spacial score (nSPS) is 27.4. The van der Waals surface area contributed by atoms with E-state index in [-0.39, 0.29) is 99.6 Å². The van der Waals surface area contributed by atoms with Crippen molar-refractivity contribution in [3.05, 3.63) is 71.8 Å². The Bertz CT molecular complexity index is 2710. The number of ketones is 5. The van der Waals surface area contributed by atoms with Gasteiger partial charge in [-0.3, -0.25) is 52.7 Å². The number of benzene rings is 2. The number of hydrogen-bond acceptors (Lipinski definition) is 12. The van der Waals surface area contributed by atoms with E-state index < -0.39 is 138 Å². The van der Waals surface area contributed by atoms with Crippen LogP contribution in [-0.2, 0) is 65.6 Å². The second-order valence-corrected chi connectivity index (χ2v) is 27.1. The molecule has 486 valence electrons. The van der Waals surface area contributed by atoms with Gasteiger partial charge in [-0.15, -0.1) is 0 Å². The lowest BCUT2D eigenvalue weighted by molar-refractivity contribution is -0.147. The van der Waals surface area contributed by atoms with Crippen LogP contribution in [0.5, 0.6) is 0 Å². The van der Waals surface area contributed by atoms with Gasteiger partial charge in [0.25, 0.3) is 0 Å². The van der Waals surface area contributed by atoms with Crippen LogP contribution in [0.2, 0.25) is 0 Å². The Kier molecular flexibility index (Phi) is 28.4. The van der Waals surface area contributed by atoms with Crippen LogP contribution in [0.3, 0.4) is 0 Å². The van der Waals surface area contributed by atoms with Gasteiger partial charge in [-0.25, -0.2) is 0 Å². The number of nitrogens with one attached hydrogen (secondary N) is 2. The van der Waals surface area contributed by atoms with Crippen molar-refractivity contribution in [2.75, 3.05) is 33.7 Å². The average molecular weight is 1220 g/mol. The number of hydrogen-bond donors (Lipinski definition) is 3. The zero-order valence-corrected chi connectivity index (χ0v) is 54.8. The van der Waals surface area contributed by atoms with Gasteiger partial charge in [0.1, 0.15) is 0 Å². The molecule has 88 heavy (non-hydrogen) atoms. The molecule has 12 atom stereocenters. The van der Waals surface area contributed by atoms with Gasteiger partial charge >= 0.3 is 0 Å². The maximum absolute atomic E-state index is 15.4. The largest absolute Gasteiger partial charge is 0.393 e. The standard InChI is InChI=1S/C70H104N6O12/c1-13-46(8)54-41-64(82)59(36-50-26-19-15-20-27-50)74(12)68(86)52(35-49-24-17-14-18-25-49)39-62(80)58(34-45(6)7)73(11)67(85)51(32-43(2)3)37-60(78)47(9)71-65(83)40-53(69(87)75-29-21-16-22-30-75)38-61(79)56(33-44(4)5)72-66(84)55(48(10)77)42-63(81)57-28-23-31-76(57)70(54)88/h14-15,17-20,24-27,43-48,51-59,77H,13,16,21-23,28-42H2,1-12H3,(H,71,83)(H,72,84)/t46-,47-,48+,51+,52+,53-,54-,55-,56-,57-,58-,59-/m0/s1. The summed E-state index contributed by atoms with van der Waals surface area (Å²) in [7, 11) is 3.10. The molecule has 18 heteroatoms. The van der Waals surface area contributed by atoms with Crippen molar-refractivity contribution < 1.29 is 57.8 Å². The molecule has 0 bridgehead atoms. The molecule has 6 amide bonds. The minimum Gasteiger partial charge on any atom is -0.393 e. The van der Waals surface area contributed by atoms with Gasteiger partial charge < -0.3 is 35.3 Å². The Morgan fingerprint density at radius 3 is 1.65 bits per heavy atom. The molecular formula is C70H104N6O12. The quantitative estimate of drug-likeness (QED) is 0.163. The van der Waals surface area contributed by atoms with Crippen LogP contribution >= 0.6 is 0 Å². The maximum atomic E-state index is 15.4. The Labute approximate surface area is 523 Å². The van der Waals surface area contributed by atoms with Crippen LogP contribution in [0.4, 0.5) is 0 Å². The van der Waals surface area contributed by atoms with Crippen LogP contribution < -0.4 is 10.6 Å². The van der Waals surface area contributed by atoms with E-state index in [0.717, 1.165) is 30.4 Å². The summed E-state index contributed by atoms with van der Waals surface area (Å²) in [6.07, 6.45) is 0.896. The van der Waals surface area contributed by atoms with E-state index in [9.17, 15) is 38.7 Å². The molecule has 18 nitrogen and oxygen atoms in total. The van der Waals surface area contributed by atoms with Crippen LogP contribution in [0.15, 0.2) is 60.7 Å². The molecule has 3 aliphatic heterocycles. The number of Topliss-reactive ketones (excluding diaryl/α,β-unsaturated/α-hetero) is 5. The zero-order chi connectivity index (χ0) is 65.1. The van der Waals surface area contributed by atoms with Crippen LogP contribution in [0.25, 0.3) is 0 Å². The summed E-state index contributed by atoms with van der Waals surface area (Å²) >= 11 is 0. The number of likely N-dealkylation sites (tertiary alicyclic amines) is 1. The molecule has 0 saturated carbocycles. The zero-order valence-electron chi connectivity index (χ0n) is 54.8. The van der Waals surface area contributed by atoms with Gasteiger partial charge in [0.15, 0.2) is 28.9 Å². The lowest BCUT2D eigenvalue weighted by atomic mass is 9.83. The van der Waals surface area contributed by atoms with Crippen molar-refractivity contribution in [3.63, 3.8) is 0 Å². The number of nitrogens with zero attached hydrogens (tertiary/aromatic N) is 4. The molecule has 3 N–H and O–H groups in total. The molecular weight excluding hydrogens is 1120 g/mol. The highest BCUT2D eigenvalue weighted by Gasteiger charge is 2.44. The first kappa shape index (κ1) is 72.3. The fourth-order valence-corrected chi connectivity index (χ4v) is 13.1. The Morgan fingerprint density at radius 1 is 0.545 bits per heavy atom. The van der Waals surface area contributed by atoms with Crippen molar-refractivity contribution >= 4 is 64.4 Å². The number of aliphatic hydroxyl groups is 1. The SMILES string of the molecule is CC[C@H](C)[C@@H]1CC(=O)[C@H](Cc2ccccc2)N(C)C(=O)[C@H](Cc2ccccc2)CC(=O)[C@H](CC(C)C)N(C)C(=O)[C@H](CC(C)C)CC(=O)[C@H](C)NC(=O)C[C@@H](C(=O)N2CCCCC2)CC(=O)[C@H](CC(C)C)NC(=O)[C@H]([C@@H](C)O)CC(=O)[C@@H]2CCCN2C1=O. The smallest absolute Gasteiger partial charge is 0.227 e. The van der Waals surface area contributed by atoms with Crippen molar-refractivity contribution in [1.82, 2.24) is 30.2 Å². The lowest BCUT2D eigenvalue weighted by Crippen LogP contribution is -2.51. The Hall–Kier alpha value is -6.43. The van der Waals surface area contributed by atoms with E-state index in [2.05, 4.69) is 10.6 Å². The Morgan fingerprint density at radius 2 is 1.08 bits per heavy atom. The average Bonchev–Trinajstić information content (AvgIpc) is 4.03. The molecule has 5 rings (SSSR count). The van der Waals surface area contributed by atoms with E-state index in [1.54, 1.807) is 19.0 Å². The van der Waals surface area contributed by atoms with Crippen LogP contribution in [0, 0.1) is 53.3 Å². The topological polar surface area (TPSA) is 245 Å². The summed E-state index contributed by atoms with van der Waals surface area (Å²) in [6, 6.07) is 13.1. The molecule has 0 aromatic heterocycles. The number of likely N-dealkylation sites (N-methyl/N-ethyl adjacent to an activating group) is 2. The summed E-state index contributed by atoms with van der Waals surface area (Å²) in [5.74, 6) is -11.4. The highest BCUT2D eigenvalue weighted by atomic mass is 16.3. The number of aliphatic hydroxyl groups excluding tert-OH is 1. The predicted octanol–water partition coefficient (Wildman–Crippen LogP) is 7.96. The molecule has 3 aliphatic rings. The van der Waals surface area contributed by atoms with E-state index >= 15 is 19.2 Å². The highest BCUT2D eigenvalue weighted by Crippen LogP contribution is 2.32. The third-order valence-electron chi connectivity index (χ3n) is 18.5. The summed E-state index contributed by atoms with van der Waals surface area (Å²) in [4.78, 5) is 169. The number of amides is 6. The molecule has 3 heterocycles. The molecule has 3 saturated heterocycles. The van der Waals surface area contributed by atoms with Crippen molar-refractivity contribution in [1.29, 1.82) is 0 Å². The van der Waals surface area contributed by atoms with Crippen molar-refractivity contribution in [2.45, 2.75) is 215 Å². The first-order chi connectivity index (χ1) is 41.6. The van der Waals surface area contributed by atoms with Gasteiger partial charge in [-0.2, -0.15) is 0 Å². The monoisotopic (exact) mass is 1220 g/mol. The highest BCUT2D eigenvalue weighted by molar-refractivity contribution is 6.00. The summed E-state index contributed by atoms with van der Waals surface area (Å²) in [5, 5.41) is 16.8. The number of carbonyl (C=O) groups is 11. The lowest BCUT2D eigenvalue weighted by Gasteiger charge is -2.35. The van der Waals surface area contributed by atoms with Crippen LogP contribution in [0.1, 0.15) is 177 Å². The predicted molar refractivity (Wildman–Crippen MR) is 338 cm³/mol. The van der Waals surface area contributed by atoms with Gasteiger partial charge in [0.2, 0.25) is 35.4 Å². The third-order valence-corrected chi connectivity index (χ3v) is 18.5. The molecule has 2 aromatic rings. The maximum Gasteiger partial charge on any atom is 0.227 e. The Balaban J connectivity index is 1.63. The number of piperidine rings is 1. The van der Waals surface area contributed by atoms with Gasteiger partial charge in [0, 0.05) is 90.0 Å². The van der Waals surface area contributed by atoms with E-state index in [4.69, 9.17) is 0 Å². The van der Waals surface area contributed by atoms with Crippen molar-refractivity contribution in [2.24, 2.45) is 53.3 Å². The minimum absolute atomic E-state index is 0.0685. The van der Waals surface area contributed by atoms with Crippen molar-refractivity contribution in [3.8, 4) is 0 Å². The third kappa shape index (κ3) is 20.8. The van der Waals surface area contributed by atoms with E-state index in [1.165, 1.54) is 28.5 Å². The number of rotatable bonds is 14. The molecule has 0 spiro atoms. The fourth-order valence-electron chi connectivity index (χ4n) is 13.1. The second kappa shape index (κ2) is 34.5. The van der Waals surface area contributed by atoms with Gasteiger partial charge in [-0.1, -0.05) is 122 Å². The minimum atomic E-state index is -1.37. The number of fused-ring (bicyclic) bond motifs is 1. The second-order valence-electron chi connectivity index (χ2n) is 27.1. The number of carbonyl (C=O) groups excluding carboxylic acids is 11. The summed E-state index contributed by atoms with van der Waals surface area (Å²) in [6.45, 7) is 19.2. The van der Waals surface area contributed by atoms with E-state index in [0.29, 0.717) is 25.9 Å². The fraction of sp³-hybridized carbons (Fsp3) is 0.671. The molecule has 0 aliphatic carbocycles. The summed E-state index contributed by atoms with van der Waals surface area (Å²) in [5.41, 5.74) is 1.53. The molecule has 0 radical (unpaired) electrons. The molecule has 3 fully saturated rings. The van der Waals surface area contributed by atoms with Gasteiger partial charge in [-0.05, 0) is 113 Å². The van der Waals surface area contributed by atoms with E-state index in [1.807, 2.05) is 116 Å². The van der Waals surface area contributed by atoms with Crippen LogP contribution in [-0.4, -0.2) is 159 Å². The molecule has 0 unspecified atom stereocenters. The first-order valence-corrected chi connectivity index (χ1v) is 32.7.